The number of rotatable bonds is 7. The summed E-state index contributed by atoms with van der Waals surface area (Å²) in [6.45, 7) is 10.2. The molecule has 224 valence electrons. The average Bonchev–Trinajstić information content (AvgIpc) is 3.56. The Labute approximate surface area is 238 Å². The molecule has 3 heterocycles. The fraction of sp³-hybridized carbons (Fsp3) is 0.533. The van der Waals surface area contributed by atoms with E-state index in [-0.39, 0.29) is 18.1 Å². The summed E-state index contributed by atoms with van der Waals surface area (Å²) >= 11 is 0. The van der Waals surface area contributed by atoms with Gasteiger partial charge in [0.25, 0.3) is 0 Å². The van der Waals surface area contributed by atoms with Crippen LogP contribution in [0.5, 0.6) is 17.2 Å². The minimum Gasteiger partial charge on any atom is -0.493 e. The van der Waals surface area contributed by atoms with Gasteiger partial charge in [-0.2, -0.15) is 13.2 Å². The number of alkyl halides is 3. The number of para-hydroxylation sites is 1. The van der Waals surface area contributed by atoms with E-state index >= 15 is 0 Å². The van der Waals surface area contributed by atoms with Crippen LogP contribution in [0.3, 0.4) is 0 Å². The highest BCUT2D eigenvalue weighted by molar-refractivity contribution is 5.79. The number of likely N-dealkylation sites (tertiary alicyclic amines) is 2. The van der Waals surface area contributed by atoms with Gasteiger partial charge in [-0.1, -0.05) is 38.1 Å². The second-order valence-electron chi connectivity index (χ2n) is 11.3. The predicted octanol–water partition coefficient (Wildman–Crippen LogP) is 5.14. The first-order chi connectivity index (χ1) is 19.4. The first kappa shape index (κ1) is 30.5. The second kappa shape index (κ2) is 13.0. The maximum absolute atomic E-state index is 13.0. The molecule has 2 aromatic carbocycles. The number of benzene rings is 2. The standard InChI is InChI=1S/C28H36N2O4.C2HF3O2/c1-21(2)18-32-24-6-4-3-5-23(24)17-29-12-9-28(10-13-29)11-14-30(19-28)27(31)16-22-7-8-25-26(15-22)34-20-33-25;3-2(4,5)1(6)7/h3-8,15,21H,9-14,16-20H2,1-2H3;(H,6,7). The molecule has 0 radical (unpaired) electrons. The fourth-order valence-corrected chi connectivity index (χ4v) is 5.35. The lowest BCUT2D eigenvalue weighted by Crippen LogP contribution is -2.42. The Morgan fingerprint density at radius 3 is 2.37 bits per heavy atom. The number of nitrogens with zero attached hydrogens (tertiary/aromatic N) is 2. The number of aliphatic carboxylic acids is 1. The Morgan fingerprint density at radius 2 is 1.68 bits per heavy atom. The third kappa shape index (κ3) is 8.28. The van der Waals surface area contributed by atoms with Crippen LogP contribution < -0.4 is 14.2 Å². The first-order valence-electron chi connectivity index (χ1n) is 13.8. The summed E-state index contributed by atoms with van der Waals surface area (Å²) in [5.41, 5.74) is 2.53. The van der Waals surface area contributed by atoms with Gasteiger partial charge in [-0.3, -0.25) is 9.69 Å². The highest BCUT2D eigenvalue weighted by Crippen LogP contribution is 2.41. The number of hydrogen-bond donors (Lipinski definition) is 1. The highest BCUT2D eigenvalue weighted by Gasteiger charge is 2.42. The van der Waals surface area contributed by atoms with Gasteiger partial charge in [0, 0.05) is 25.2 Å². The predicted molar refractivity (Wildman–Crippen MR) is 145 cm³/mol. The third-order valence-corrected chi connectivity index (χ3v) is 7.68. The molecule has 41 heavy (non-hydrogen) atoms. The Morgan fingerprint density at radius 1 is 1.02 bits per heavy atom. The van der Waals surface area contributed by atoms with E-state index in [0.717, 1.165) is 81.4 Å². The number of halogens is 3. The van der Waals surface area contributed by atoms with Crippen molar-refractivity contribution in [3.05, 3.63) is 53.6 Å². The number of carbonyl (C=O) groups is 2. The van der Waals surface area contributed by atoms with E-state index in [1.165, 1.54) is 5.56 Å². The maximum atomic E-state index is 13.0. The Kier molecular flexibility index (Phi) is 9.68. The Balaban J connectivity index is 0.000000493. The van der Waals surface area contributed by atoms with Crippen LogP contribution in [0.1, 0.15) is 44.2 Å². The molecule has 2 saturated heterocycles. The molecule has 0 aromatic heterocycles. The van der Waals surface area contributed by atoms with Crippen molar-refractivity contribution in [2.45, 2.75) is 52.3 Å². The van der Waals surface area contributed by atoms with Crippen LogP contribution in [0.2, 0.25) is 0 Å². The zero-order valence-corrected chi connectivity index (χ0v) is 23.4. The van der Waals surface area contributed by atoms with Crippen molar-refractivity contribution in [1.29, 1.82) is 0 Å². The molecule has 0 unspecified atom stereocenters. The van der Waals surface area contributed by atoms with Crippen molar-refractivity contribution in [1.82, 2.24) is 9.80 Å². The van der Waals surface area contributed by atoms with E-state index in [9.17, 15) is 18.0 Å². The van der Waals surface area contributed by atoms with Crippen LogP contribution in [0.15, 0.2) is 42.5 Å². The van der Waals surface area contributed by atoms with Gasteiger partial charge in [0.05, 0.1) is 13.0 Å². The normalized spacial score (nSPS) is 17.9. The zero-order valence-electron chi connectivity index (χ0n) is 23.4. The minimum atomic E-state index is -5.08. The van der Waals surface area contributed by atoms with Gasteiger partial charge >= 0.3 is 12.1 Å². The molecule has 0 saturated carbocycles. The summed E-state index contributed by atoms with van der Waals surface area (Å²) in [5, 5.41) is 7.12. The Bertz CT molecular complexity index is 1210. The molecule has 3 aliphatic rings. The van der Waals surface area contributed by atoms with Crippen LogP contribution in [0.4, 0.5) is 13.2 Å². The minimum absolute atomic E-state index is 0.217. The van der Waals surface area contributed by atoms with E-state index in [4.69, 9.17) is 24.1 Å². The first-order valence-corrected chi connectivity index (χ1v) is 13.8. The molecule has 3 aliphatic heterocycles. The Hall–Kier alpha value is -3.47. The molecule has 0 aliphatic carbocycles. The number of fused-ring (bicyclic) bond motifs is 1. The lowest BCUT2D eigenvalue weighted by Gasteiger charge is -2.39. The van der Waals surface area contributed by atoms with Crippen LogP contribution in [-0.2, 0) is 22.6 Å². The van der Waals surface area contributed by atoms with Gasteiger partial charge in [-0.25, -0.2) is 4.79 Å². The smallest absolute Gasteiger partial charge is 0.490 e. The molecule has 1 N–H and O–H groups in total. The molecule has 1 amide bonds. The summed E-state index contributed by atoms with van der Waals surface area (Å²) in [7, 11) is 0. The van der Waals surface area contributed by atoms with Crippen molar-refractivity contribution in [2.24, 2.45) is 11.3 Å². The molecule has 0 atom stereocenters. The molecule has 11 heteroatoms. The second-order valence-corrected chi connectivity index (χ2v) is 11.3. The summed E-state index contributed by atoms with van der Waals surface area (Å²) in [4.78, 5) is 26.5. The van der Waals surface area contributed by atoms with Crippen LogP contribution in [-0.4, -0.2) is 72.5 Å². The number of carboxylic acids is 1. The lowest BCUT2D eigenvalue weighted by molar-refractivity contribution is -0.192. The van der Waals surface area contributed by atoms with Gasteiger partial charge < -0.3 is 24.2 Å². The van der Waals surface area contributed by atoms with Crippen molar-refractivity contribution in [3.8, 4) is 17.2 Å². The number of ether oxygens (including phenoxy) is 3. The third-order valence-electron chi connectivity index (χ3n) is 7.68. The van der Waals surface area contributed by atoms with E-state index in [2.05, 4.69) is 47.9 Å². The number of carboxylic acid groups (broad SMARTS) is 1. The number of hydrogen-bond acceptors (Lipinski definition) is 6. The van der Waals surface area contributed by atoms with E-state index in [1.807, 2.05) is 18.2 Å². The van der Waals surface area contributed by atoms with Gasteiger partial charge in [0.1, 0.15) is 5.75 Å². The number of piperidine rings is 1. The largest absolute Gasteiger partial charge is 0.493 e. The van der Waals surface area contributed by atoms with Gasteiger partial charge in [0.2, 0.25) is 12.7 Å². The van der Waals surface area contributed by atoms with Crippen LogP contribution in [0, 0.1) is 11.3 Å². The van der Waals surface area contributed by atoms with Crippen molar-refractivity contribution in [2.75, 3.05) is 39.6 Å². The maximum Gasteiger partial charge on any atom is 0.490 e. The molecule has 1 spiro atoms. The number of carbonyl (C=O) groups excluding carboxylic acids is 1. The summed E-state index contributed by atoms with van der Waals surface area (Å²) in [6.07, 6.45) is -1.25. The van der Waals surface area contributed by atoms with Gasteiger partial charge in [-0.05, 0) is 67.4 Å². The SMILES string of the molecule is CC(C)COc1ccccc1CN1CCC2(CC1)CCN(C(=O)Cc1ccc3c(c1)OCO3)C2.O=C(O)C(F)(F)F. The van der Waals surface area contributed by atoms with Crippen molar-refractivity contribution in [3.63, 3.8) is 0 Å². The number of amides is 1. The quantitative estimate of drug-likeness (QED) is 0.487. The monoisotopic (exact) mass is 578 g/mol. The molecule has 8 nitrogen and oxygen atoms in total. The molecule has 0 bridgehead atoms. The van der Waals surface area contributed by atoms with E-state index in [0.29, 0.717) is 12.3 Å². The van der Waals surface area contributed by atoms with Crippen LogP contribution in [0.25, 0.3) is 0 Å². The molecule has 2 aromatic rings. The van der Waals surface area contributed by atoms with Gasteiger partial charge in [0.15, 0.2) is 11.5 Å². The van der Waals surface area contributed by atoms with Crippen molar-refractivity contribution < 1.29 is 42.1 Å². The molecule has 2 fully saturated rings. The highest BCUT2D eigenvalue weighted by atomic mass is 19.4. The molecule has 5 rings (SSSR count). The summed E-state index contributed by atoms with van der Waals surface area (Å²) in [6, 6.07) is 14.2. The average molecular weight is 579 g/mol. The lowest BCUT2D eigenvalue weighted by atomic mass is 9.77. The molecular weight excluding hydrogens is 541 g/mol. The fourth-order valence-electron chi connectivity index (χ4n) is 5.35. The topological polar surface area (TPSA) is 88.5 Å². The van der Waals surface area contributed by atoms with E-state index < -0.39 is 12.1 Å². The van der Waals surface area contributed by atoms with Gasteiger partial charge in [-0.15, -0.1) is 0 Å². The molecular formula is C30H37F3N2O6. The summed E-state index contributed by atoms with van der Waals surface area (Å²) < 4.78 is 48.6. The zero-order chi connectivity index (χ0) is 29.6. The van der Waals surface area contributed by atoms with E-state index in [1.54, 1.807) is 0 Å². The summed E-state index contributed by atoms with van der Waals surface area (Å²) in [5.74, 6) is 0.490. The van der Waals surface area contributed by atoms with Crippen molar-refractivity contribution >= 4 is 11.9 Å². The van der Waals surface area contributed by atoms with Crippen LogP contribution >= 0.6 is 0 Å².